The number of halogens is 1. The van der Waals surface area contributed by atoms with Crippen LogP contribution in [-0.2, 0) is 9.59 Å². The van der Waals surface area contributed by atoms with Crippen LogP contribution in [0.2, 0.25) is 0 Å². The van der Waals surface area contributed by atoms with Crippen LogP contribution < -0.4 is 10.6 Å². The molecule has 7 nitrogen and oxygen atoms in total. The smallest absolute Gasteiger partial charge is 0.326 e. The molecule has 0 radical (unpaired) electrons. The Morgan fingerprint density at radius 3 is 2.43 bits per heavy atom. The lowest BCUT2D eigenvalue weighted by molar-refractivity contribution is -0.140. The Hall–Kier alpha value is -2.09. The Balaban J connectivity index is 2.65. The first kappa shape index (κ1) is 17.0. The molecule has 1 rings (SSSR count). The van der Waals surface area contributed by atoms with Gasteiger partial charge in [0.15, 0.2) is 0 Å². The van der Waals surface area contributed by atoms with Crippen LogP contribution in [0.3, 0.4) is 0 Å². The second-order valence-electron chi connectivity index (χ2n) is 4.44. The number of benzene rings is 1. The third-order valence-electron chi connectivity index (χ3n) is 2.55. The molecule has 0 saturated heterocycles. The fraction of sp³-hybridized carbons (Fsp3) is 0.308. The minimum absolute atomic E-state index is 0.185. The number of aliphatic carboxylic acids is 2. The van der Waals surface area contributed by atoms with Gasteiger partial charge in [-0.15, -0.1) is 0 Å². The standard InChI is InChI=1S/C13H15BrN2O5/c1-7-4-8(14)6-9(5-7)15-13(21)16-10(12(19)20)2-3-11(17)18/h4-6,10H,2-3H2,1H3,(H,17,18)(H,19,20)(H2,15,16,21)/t10-/m0/s1. The number of nitrogens with one attached hydrogen (secondary N) is 2. The molecule has 0 fully saturated rings. The zero-order valence-electron chi connectivity index (χ0n) is 11.2. The van der Waals surface area contributed by atoms with Crippen molar-refractivity contribution < 1.29 is 24.6 Å². The summed E-state index contributed by atoms with van der Waals surface area (Å²) in [6.07, 6.45) is -0.525. The number of carbonyl (C=O) groups is 3. The van der Waals surface area contributed by atoms with E-state index in [1.165, 1.54) is 0 Å². The molecule has 0 aliphatic rings. The van der Waals surface area contributed by atoms with Crippen molar-refractivity contribution in [2.75, 3.05) is 5.32 Å². The maximum absolute atomic E-state index is 11.7. The van der Waals surface area contributed by atoms with Crippen LogP contribution in [0.25, 0.3) is 0 Å². The highest BCUT2D eigenvalue weighted by Crippen LogP contribution is 2.18. The predicted octanol–water partition coefficient (Wildman–Crippen LogP) is 2.20. The van der Waals surface area contributed by atoms with E-state index in [9.17, 15) is 14.4 Å². The Kier molecular flexibility index (Phi) is 6.16. The van der Waals surface area contributed by atoms with Gasteiger partial charge >= 0.3 is 18.0 Å². The normalized spacial score (nSPS) is 11.5. The van der Waals surface area contributed by atoms with E-state index in [1.807, 2.05) is 13.0 Å². The van der Waals surface area contributed by atoms with Crippen LogP contribution in [0.15, 0.2) is 22.7 Å². The maximum Gasteiger partial charge on any atom is 0.326 e. The summed E-state index contributed by atoms with van der Waals surface area (Å²) in [7, 11) is 0. The van der Waals surface area contributed by atoms with Gasteiger partial charge in [0.1, 0.15) is 6.04 Å². The number of carbonyl (C=O) groups excluding carboxylic acids is 1. The Morgan fingerprint density at radius 1 is 1.24 bits per heavy atom. The van der Waals surface area contributed by atoms with E-state index < -0.39 is 24.0 Å². The van der Waals surface area contributed by atoms with Crippen LogP contribution in [0.1, 0.15) is 18.4 Å². The van der Waals surface area contributed by atoms with Crippen molar-refractivity contribution in [3.05, 3.63) is 28.2 Å². The maximum atomic E-state index is 11.7. The number of aryl methyl sites for hydroxylation is 1. The van der Waals surface area contributed by atoms with Crippen molar-refractivity contribution in [1.29, 1.82) is 0 Å². The van der Waals surface area contributed by atoms with Crippen molar-refractivity contribution >= 4 is 39.6 Å². The number of hydrogen-bond donors (Lipinski definition) is 4. The van der Waals surface area contributed by atoms with E-state index in [0.29, 0.717) is 5.69 Å². The third-order valence-corrected chi connectivity index (χ3v) is 3.01. The first-order valence-electron chi connectivity index (χ1n) is 6.07. The van der Waals surface area contributed by atoms with Crippen molar-refractivity contribution in [2.24, 2.45) is 0 Å². The van der Waals surface area contributed by atoms with Gasteiger partial charge in [0.05, 0.1) is 0 Å². The molecular weight excluding hydrogens is 344 g/mol. The summed E-state index contributed by atoms with van der Waals surface area (Å²) in [6.45, 7) is 1.85. The average molecular weight is 359 g/mol. The summed E-state index contributed by atoms with van der Waals surface area (Å²) >= 11 is 3.29. The molecule has 0 saturated carbocycles. The number of urea groups is 1. The highest BCUT2D eigenvalue weighted by atomic mass is 79.9. The lowest BCUT2D eigenvalue weighted by Gasteiger charge is -2.14. The van der Waals surface area contributed by atoms with Gasteiger partial charge in [0.2, 0.25) is 0 Å². The van der Waals surface area contributed by atoms with E-state index in [2.05, 4.69) is 26.6 Å². The second-order valence-corrected chi connectivity index (χ2v) is 5.35. The van der Waals surface area contributed by atoms with Crippen LogP contribution in [0.5, 0.6) is 0 Å². The van der Waals surface area contributed by atoms with E-state index in [4.69, 9.17) is 10.2 Å². The first-order chi connectivity index (χ1) is 9.77. The molecular formula is C13H15BrN2O5. The molecule has 1 aromatic carbocycles. The summed E-state index contributed by atoms with van der Waals surface area (Å²) in [4.78, 5) is 33.2. The van der Waals surface area contributed by atoms with Gasteiger partial charge in [-0.05, 0) is 37.1 Å². The molecule has 2 amide bonds. The number of rotatable bonds is 6. The van der Waals surface area contributed by atoms with Crippen LogP contribution >= 0.6 is 15.9 Å². The van der Waals surface area contributed by atoms with Crippen molar-refractivity contribution in [3.63, 3.8) is 0 Å². The van der Waals surface area contributed by atoms with Gasteiger partial charge in [-0.2, -0.15) is 0 Å². The van der Waals surface area contributed by atoms with Crippen LogP contribution in [-0.4, -0.2) is 34.2 Å². The fourth-order valence-electron chi connectivity index (χ4n) is 1.66. The topological polar surface area (TPSA) is 116 Å². The summed E-state index contributed by atoms with van der Waals surface area (Å²) in [5.74, 6) is -2.40. The quantitative estimate of drug-likeness (QED) is 0.622. The third kappa shape index (κ3) is 6.26. The largest absolute Gasteiger partial charge is 0.481 e. The average Bonchev–Trinajstić information content (AvgIpc) is 2.32. The van der Waals surface area contributed by atoms with Gasteiger partial charge in [-0.25, -0.2) is 9.59 Å². The van der Waals surface area contributed by atoms with Gasteiger partial charge in [-0.1, -0.05) is 15.9 Å². The lowest BCUT2D eigenvalue weighted by Crippen LogP contribution is -2.43. The Bertz CT molecular complexity index is 541. The molecule has 114 valence electrons. The molecule has 4 N–H and O–H groups in total. The molecule has 0 unspecified atom stereocenters. The summed E-state index contributed by atoms with van der Waals surface area (Å²) < 4.78 is 0.776. The Morgan fingerprint density at radius 2 is 1.90 bits per heavy atom. The molecule has 0 bridgehead atoms. The van der Waals surface area contributed by atoms with Gasteiger partial charge in [0.25, 0.3) is 0 Å². The van der Waals surface area contributed by atoms with Gasteiger partial charge < -0.3 is 20.8 Å². The van der Waals surface area contributed by atoms with E-state index >= 15 is 0 Å². The monoisotopic (exact) mass is 358 g/mol. The minimum Gasteiger partial charge on any atom is -0.481 e. The summed E-state index contributed by atoms with van der Waals surface area (Å²) in [5.41, 5.74) is 1.42. The molecule has 0 aliphatic carbocycles. The second kappa shape index (κ2) is 7.63. The van der Waals surface area contributed by atoms with Crippen molar-refractivity contribution in [2.45, 2.75) is 25.8 Å². The van der Waals surface area contributed by atoms with E-state index in [-0.39, 0.29) is 12.8 Å². The van der Waals surface area contributed by atoms with Crippen molar-refractivity contribution in [1.82, 2.24) is 5.32 Å². The number of hydrogen-bond acceptors (Lipinski definition) is 3. The molecule has 0 aromatic heterocycles. The first-order valence-corrected chi connectivity index (χ1v) is 6.86. The molecule has 21 heavy (non-hydrogen) atoms. The highest BCUT2D eigenvalue weighted by molar-refractivity contribution is 9.10. The molecule has 0 spiro atoms. The number of anilines is 1. The van der Waals surface area contributed by atoms with Gasteiger partial charge in [-0.3, -0.25) is 4.79 Å². The number of amides is 2. The SMILES string of the molecule is Cc1cc(Br)cc(NC(=O)N[C@@H](CCC(=O)O)C(=O)O)c1. The summed E-state index contributed by atoms with van der Waals surface area (Å²) in [5, 5.41) is 22.2. The molecule has 0 heterocycles. The molecule has 8 heteroatoms. The predicted molar refractivity (Wildman–Crippen MR) is 79.3 cm³/mol. The number of carboxylic acids is 2. The van der Waals surface area contributed by atoms with Gasteiger partial charge in [0, 0.05) is 16.6 Å². The minimum atomic E-state index is -1.28. The number of carboxylic acid groups (broad SMARTS) is 2. The highest BCUT2D eigenvalue weighted by Gasteiger charge is 2.20. The molecule has 1 aromatic rings. The van der Waals surface area contributed by atoms with E-state index in [1.54, 1.807) is 12.1 Å². The van der Waals surface area contributed by atoms with Crippen LogP contribution in [0.4, 0.5) is 10.5 Å². The Labute approximate surface area is 129 Å². The molecule has 1 atom stereocenters. The zero-order chi connectivity index (χ0) is 16.0. The molecule has 0 aliphatic heterocycles. The van der Waals surface area contributed by atoms with Crippen LogP contribution in [0, 0.1) is 6.92 Å². The van der Waals surface area contributed by atoms with E-state index in [0.717, 1.165) is 10.0 Å². The zero-order valence-corrected chi connectivity index (χ0v) is 12.8. The lowest BCUT2D eigenvalue weighted by atomic mass is 10.1. The summed E-state index contributed by atoms with van der Waals surface area (Å²) in [6, 6.07) is 3.28. The van der Waals surface area contributed by atoms with Crippen molar-refractivity contribution in [3.8, 4) is 0 Å². The fourth-order valence-corrected chi connectivity index (χ4v) is 2.27.